The number of methoxy groups -OCH3 is 2. The highest BCUT2D eigenvalue weighted by molar-refractivity contribution is 5.84. The Balaban J connectivity index is 1.82. The maximum atomic E-state index is 12.3. The fourth-order valence-corrected chi connectivity index (χ4v) is 3.09. The van der Waals surface area contributed by atoms with Gasteiger partial charge in [-0.05, 0) is 35.4 Å². The number of amides is 3. The van der Waals surface area contributed by atoms with Gasteiger partial charge < -0.3 is 35.3 Å². The molecule has 2 aromatic carbocycles. The van der Waals surface area contributed by atoms with Crippen LogP contribution in [0.3, 0.4) is 0 Å². The van der Waals surface area contributed by atoms with Crippen LogP contribution in [0.1, 0.15) is 31.9 Å². The lowest BCUT2D eigenvalue weighted by atomic mass is 9.88. The molecule has 0 bridgehead atoms. The number of carbonyl (C=O) groups is 3. The predicted molar refractivity (Wildman–Crippen MR) is 136 cm³/mol. The van der Waals surface area contributed by atoms with Crippen molar-refractivity contribution in [1.29, 1.82) is 0 Å². The summed E-state index contributed by atoms with van der Waals surface area (Å²) >= 11 is 0. The third-order valence-corrected chi connectivity index (χ3v) is 4.88. The summed E-state index contributed by atoms with van der Waals surface area (Å²) in [6, 6.07) is 12.5. The van der Waals surface area contributed by atoms with Crippen LogP contribution in [0.25, 0.3) is 12.2 Å². The lowest BCUT2D eigenvalue weighted by Crippen LogP contribution is -2.48. The Morgan fingerprint density at radius 3 is 1.94 bits per heavy atom. The first-order valence-electron chi connectivity index (χ1n) is 11.2. The zero-order valence-corrected chi connectivity index (χ0v) is 21.1. The second kappa shape index (κ2) is 13.0. The molecule has 194 valence electrons. The molecule has 1 atom stereocenters. The van der Waals surface area contributed by atoms with Crippen LogP contribution in [-0.4, -0.2) is 51.5 Å². The molecule has 0 radical (unpaired) electrons. The first-order valence-corrected chi connectivity index (χ1v) is 11.2. The molecule has 0 aliphatic rings. The highest BCUT2D eigenvalue weighted by Gasteiger charge is 2.34. The number of nitrogens with two attached hydrogens (primary N) is 1. The minimum atomic E-state index is -1.06. The van der Waals surface area contributed by atoms with Gasteiger partial charge in [0.05, 0.1) is 14.2 Å². The van der Waals surface area contributed by atoms with E-state index in [2.05, 4.69) is 10.6 Å². The summed E-state index contributed by atoms with van der Waals surface area (Å²) in [5.74, 6) is 1.24. The molecule has 0 fully saturated rings. The Morgan fingerprint density at radius 2 is 1.42 bits per heavy atom. The molecule has 1 unspecified atom stereocenters. The Labute approximate surface area is 210 Å². The predicted octanol–water partition coefficient (Wildman–Crippen LogP) is 3.59. The van der Waals surface area contributed by atoms with Crippen molar-refractivity contribution >= 4 is 30.2 Å². The molecule has 0 saturated heterocycles. The van der Waals surface area contributed by atoms with Gasteiger partial charge in [0.2, 0.25) is 0 Å². The molecule has 4 N–H and O–H groups in total. The molecule has 0 aromatic heterocycles. The highest BCUT2D eigenvalue weighted by atomic mass is 16.6. The minimum absolute atomic E-state index is 0.113. The van der Waals surface area contributed by atoms with Crippen LogP contribution in [-0.2, 0) is 9.53 Å². The molecule has 0 heterocycles. The summed E-state index contributed by atoms with van der Waals surface area (Å²) in [4.78, 5) is 35.4. The van der Waals surface area contributed by atoms with E-state index < -0.39 is 29.6 Å². The van der Waals surface area contributed by atoms with Gasteiger partial charge in [-0.1, -0.05) is 45.1 Å². The van der Waals surface area contributed by atoms with Crippen LogP contribution in [0.2, 0.25) is 0 Å². The first-order chi connectivity index (χ1) is 17.0. The number of carbonyl (C=O) groups excluding carboxylic acids is 3. The van der Waals surface area contributed by atoms with Crippen LogP contribution >= 0.6 is 0 Å². The van der Waals surface area contributed by atoms with Crippen molar-refractivity contribution in [2.75, 3.05) is 27.3 Å². The van der Waals surface area contributed by atoms with E-state index >= 15 is 0 Å². The van der Waals surface area contributed by atoms with Gasteiger partial charge >= 0.3 is 12.2 Å². The summed E-state index contributed by atoms with van der Waals surface area (Å²) in [6.45, 7) is 5.46. The lowest BCUT2D eigenvalue weighted by Gasteiger charge is -2.28. The van der Waals surface area contributed by atoms with Gasteiger partial charge in [0.25, 0.3) is 5.91 Å². The largest absolute Gasteiger partial charge is 0.497 e. The highest BCUT2D eigenvalue weighted by Crippen LogP contribution is 2.24. The van der Waals surface area contributed by atoms with Gasteiger partial charge in [0.1, 0.15) is 17.2 Å². The summed E-state index contributed by atoms with van der Waals surface area (Å²) in [5.41, 5.74) is 6.21. The standard InChI is InChI=1S/C26H33N3O7/c1-26(2,3)22(36-24(27)31)23(30)28-12-13-29-25(32)35-19-10-8-17(9-11-19)6-7-18-14-20(33-4)16-21(15-18)34-5/h6-11,14-16,22H,12-13H2,1-5H3,(H2,27,31)(H,28,30)(H,29,32). The van der Waals surface area contributed by atoms with Crippen molar-refractivity contribution < 1.29 is 33.3 Å². The average Bonchev–Trinajstić information content (AvgIpc) is 2.83. The summed E-state index contributed by atoms with van der Waals surface area (Å²) < 4.78 is 20.7. The summed E-state index contributed by atoms with van der Waals surface area (Å²) in [7, 11) is 3.19. The first kappa shape index (κ1) is 28.0. The Kier molecular flexibility index (Phi) is 10.1. The fraction of sp³-hybridized carbons (Fsp3) is 0.346. The maximum Gasteiger partial charge on any atom is 0.412 e. The van der Waals surface area contributed by atoms with Crippen molar-refractivity contribution in [3.05, 3.63) is 53.6 Å². The molecule has 2 rings (SSSR count). The normalized spacial score (nSPS) is 11.9. The fourth-order valence-electron chi connectivity index (χ4n) is 3.09. The molecule has 36 heavy (non-hydrogen) atoms. The van der Waals surface area contributed by atoms with Crippen LogP contribution < -0.4 is 30.6 Å². The Bertz CT molecular complexity index is 1050. The van der Waals surface area contributed by atoms with Crippen LogP contribution in [0, 0.1) is 5.41 Å². The lowest BCUT2D eigenvalue weighted by molar-refractivity contribution is -0.134. The number of hydrogen-bond acceptors (Lipinski definition) is 7. The number of nitrogens with one attached hydrogen (secondary N) is 2. The molecular formula is C26H33N3O7. The quantitative estimate of drug-likeness (QED) is 0.335. The smallest absolute Gasteiger partial charge is 0.412 e. The van der Waals surface area contributed by atoms with E-state index in [1.807, 2.05) is 36.4 Å². The van der Waals surface area contributed by atoms with E-state index in [9.17, 15) is 14.4 Å². The van der Waals surface area contributed by atoms with Gasteiger partial charge in [-0.3, -0.25) is 4.79 Å². The molecule has 0 aliphatic carbocycles. The van der Waals surface area contributed by atoms with Crippen molar-refractivity contribution in [3.8, 4) is 17.2 Å². The van der Waals surface area contributed by atoms with E-state index in [1.54, 1.807) is 53.2 Å². The molecule has 0 spiro atoms. The number of ether oxygens (including phenoxy) is 4. The van der Waals surface area contributed by atoms with Crippen LogP contribution in [0.15, 0.2) is 42.5 Å². The van der Waals surface area contributed by atoms with Gasteiger partial charge in [-0.2, -0.15) is 0 Å². The Hall–Kier alpha value is -4.21. The van der Waals surface area contributed by atoms with Crippen molar-refractivity contribution in [1.82, 2.24) is 10.6 Å². The number of rotatable bonds is 10. The monoisotopic (exact) mass is 499 g/mol. The number of hydrogen-bond donors (Lipinski definition) is 3. The summed E-state index contributed by atoms with van der Waals surface area (Å²) in [5, 5.41) is 5.14. The van der Waals surface area contributed by atoms with E-state index in [-0.39, 0.29) is 13.1 Å². The molecule has 10 nitrogen and oxygen atoms in total. The second-order valence-corrected chi connectivity index (χ2v) is 8.84. The van der Waals surface area contributed by atoms with Gasteiger partial charge in [0, 0.05) is 24.6 Å². The molecule has 0 aliphatic heterocycles. The number of benzene rings is 2. The third kappa shape index (κ3) is 9.21. The summed E-state index contributed by atoms with van der Waals surface area (Å²) in [6.07, 6.45) is 1.07. The number of primary amides is 1. The second-order valence-electron chi connectivity index (χ2n) is 8.84. The van der Waals surface area contributed by atoms with Crippen molar-refractivity contribution in [2.24, 2.45) is 11.1 Å². The van der Waals surface area contributed by atoms with E-state index in [0.717, 1.165) is 11.1 Å². The zero-order chi connectivity index (χ0) is 26.7. The van der Waals surface area contributed by atoms with E-state index in [1.165, 1.54) is 0 Å². The molecule has 3 amide bonds. The molecule has 0 saturated carbocycles. The van der Waals surface area contributed by atoms with Crippen LogP contribution in [0.5, 0.6) is 17.2 Å². The average molecular weight is 500 g/mol. The third-order valence-electron chi connectivity index (χ3n) is 4.88. The maximum absolute atomic E-state index is 12.3. The Morgan fingerprint density at radius 1 is 0.861 bits per heavy atom. The molecular weight excluding hydrogens is 466 g/mol. The van der Waals surface area contributed by atoms with Crippen LogP contribution in [0.4, 0.5) is 9.59 Å². The van der Waals surface area contributed by atoms with Gasteiger partial charge in [-0.25, -0.2) is 9.59 Å². The van der Waals surface area contributed by atoms with E-state index in [0.29, 0.717) is 17.2 Å². The van der Waals surface area contributed by atoms with E-state index in [4.69, 9.17) is 24.7 Å². The van der Waals surface area contributed by atoms with Crippen molar-refractivity contribution in [3.63, 3.8) is 0 Å². The van der Waals surface area contributed by atoms with Gasteiger partial charge in [-0.15, -0.1) is 0 Å². The topological polar surface area (TPSA) is 138 Å². The van der Waals surface area contributed by atoms with Crippen molar-refractivity contribution in [2.45, 2.75) is 26.9 Å². The zero-order valence-electron chi connectivity index (χ0n) is 21.1. The molecule has 2 aromatic rings. The SMILES string of the molecule is COc1cc(C=Cc2ccc(OC(=O)NCCNC(=O)C(OC(N)=O)C(C)(C)C)cc2)cc(OC)c1. The minimum Gasteiger partial charge on any atom is -0.497 e. The van der Waals surface area contributed by atoms with Gasteiger partial charge in [0.15, 0.2) is 6.10 Å². The molecule has 10 heteroatoms.